The molecule has 1 saturated carbocycles. The van der Waals surface area contributed by atoms with E-state index < -0.39 is 0 Å². The maximum Gasteiger partial charge on any atom is 0.220 e. The van der Waals surface area contributed by atoms with Crippen LogP contribution in [0.3, 0.4) is 0 Å². The molecule has 0 aliphatic heterocycles. The van der Waals surface area contributed by atoms with Gasteiger partial charge in [-0.25, -0.2) is 0 Å². The normalized spacial score (nSPS) is 20.1. The van der Waals surface area contributed by atoms with Crippen LogP contribution in [0.5, 0.6) is 0 Å². The van der Waals surface area contributed by atoms with Crippen LogP contribution >= 0.6 is 0 Å². The number of amides is 1. The van der Waals surface area contributed by atoms with Gasteiger partial charge < -0.3 is 11.1 Å². The molecule has 0 radical (unpaired) electrons. The largest absolute Gasteiger partial charge is 0.351 e. The number of carbonyl (C=O) groups is 1. The molecule has 0 aromatic rings. The summed E-state index contributed by atoms with van der Waals surface area (Å²) < 4.78 is 0. The summed E-state index contributed by atoms with van der Waals surface area (Å²) in [5.41, 5.74) is 5.99. The Bertz CT molecular complexity index is 277. The SMILES string of the molecule is CC1(NC(=O)CCC(CCN)C(C)(C)C)CCC1. The topological polar surface area (TPSA) is 55.1 Å². The fraction of sp³-hybridized carbons (Fsp3) is 0.933. The lowest BCUT2D eigenvalue weighted by atomic mass is 9.75. The summed E-state index contributed by atoms with van der Waals surface area (Å²) >= 11 is 0. The summed E-state index contributed by atoms with van der Waals surface area (Å²) in [5, 5.41) is 3.17. The van der Waals surface area contributed by atoms with Gasteiger partial charge in [0, 0.05) is 12.0 Å². The Balaban J connectivity index is 2.35. The fourth-order valence-corrected chi connectivity index (χ4v) is 2.75. The molecule has 0 heterocycles. The van der Waals surface area contributed by atoms with Crippen LogP contribution in [0.1, 0.15) is 66.2 Å². The molecular formula is C15H30N2O. The first-order chi connectivity index (χ1) is 8.27. The summed E-state index contributed by atoms with van der Waals surface area (Å²) in [6.45, 7) is 9.56. The van der Waals surface area contributed by atoms with Crippen molar-refractivity contribution in [3.63, 3.8) is 0 Å². The summed E-state index contributed by atoms with van der Waals surface area (Å²) in [4.78, 5) is 11.9. The van der Waals surface area contributed by atoms with E-state index in [4.69, 9.17) is 5.73 Å². The maximum atomic E-state index is 11.9. The van der Waals surface area contributed by atoms with Crippen molar-refractivity contribution in [2.75, 3.05) is 6.54 Å². The zero-order valence-corrected chi connectivity index (χ0v) is 12.5. The zero-order valence-electron chi connectivity index (χ0n) is 12.5. The molecule has 3 heteroatoms. The van der Waals surface area contributed by atoms with E-state index in [0.29, 0.717) is 18.9 Å². The van der Waals surface area contributed by atoms with Gasteiger partial charge >= 0.3 is 0 Å². The number of hydrogen-bond acceptors (Lipinski definition) is 2. The maximum absolute atomic E-state index is 11.9. The van der Waals surface area contributed by atoms with E-state index in [1.54, 1.807) is 0 Å². The van der Waals surface area contributed by atoms with Gasteiger partial charge in [-0.3, -0.25) is 4.79 Å². The molecule has 1 amide bonds. The van der Waals surface area contributed by atoms with E-state index in [1.165, 1.54) is 6.42 Å². The summed E-state index contributed by atoms with van der Waals surface area (Å²) in [7, 11) is 0. The van der Waals surface area contributed by atoms with Gasteiger partial charge in [-0.05, 0) is 56.9 Å². The molecule has 1 aliphatic carbocycles. The Morgan fingerprint density at radius 3 is 2.33 bits per heavy atom. The van der Waals surface area contributed by atoms with E-state index in [2.05, 4.69) is 33.0 Å². The van der Waals surface area contributed by atoms with E-state index in [1.807, 2.05) is 0 Å². The predicted octanol–water partition coefficient (Wildman–Crippen LogP) is 2.84. The third-order valence-corrected chi connectivity index (χ3v) is 4.36. The molecule has 1 atom stereocenters. The molecule has 0 saturated heterocycles. The Morgan fingerprint density at radius 1 is 1.33 bits per heavy atom. The molecule has 1 unspecified atom stereocenters. The minimum absolute atomic E-state index is 0.0855. The highest BCUT2D eigenvalue weighted by Gasteiger charge is 2.33. The van der Waals surface area contributed by atoms with Gasteiger partial charge in [0.2, 0.25) is 5.91 Å². The van der Waals surface area contributed by atoms with Crippen LogP contribution < -0.4 is 11.1 Å². The van der Waals surface area contributed by atoms with E-state index >= 15 is 0 Å². The van der Waals surface area contributed by atoms with E-state index in [0.717, 1.165) is 25.7 Å². The molecule has 0 spiro atoms. The van der Waals surface area contributed by atoms with E-state index in [-0.39, 0.29) is 16.9 Å². The van der Waals surface area contributed by atoms with Crippen LogP contribution in [0, 0.1) is 11.3 Å². The zero-order chi connectivity index (χ0) is 13.8. The minimum Gasteiger partial charge on any atom is -0.351 e. The average Bonchev–Trinajstić information content (AvgIpc) is 2.20. The number of carbonyl (C=O) groups excluding carboxylic acids is 1. The van der Waals surface area contributed by atoms with Crippen molar-refractivity contribution in [1.82, 2.24) is 5.32 Å². The van der Waals surface area contributed by atoms with Crippen LogP contribution in [0.4, 0.5) is 0 Å². The van der Waals surface area contributed by atoms with Crippen LogP contribution in [-0.2, 0) is 4.79 Å². The van der Waals surface area contributed by atoms with Crippen molar-refractivity contribution in [2.24, 2.45) is 17.1 Å². The monoisotopic (exact) mass is 254 g/mol. The Hall–Kier alpha value is -0.570. The summed E-state index contributed by atoms with van der Waals surface area (Å²) in [6.07, 6.45) is 6.09. The average molecular weight is 254 g/mol. The molecule has 3 N–H and O–H groups in total. The molecule has 106 valence electrons. The van der Waals surface area contributed by atoms with Gasteiger partial charge in [0.25, 0.3) is 0 Å². The third kappa shape index (κ3) is 4.60. The first kappa shape index (κ1) is 15.5. The smallest absolute Gasteiger partial charge is 0.220 e. The van der Waals surface area contributed by atoms with Crippen molar-refractivity contribution >= 4 is 5.91 Å². The quantitative estimate of drug-likeness (QED) is 0.766. The summed E-state index contributed by atoms with van der Waals surface area (Å²) in [6, 6.07) is 0. The Morgan fingerprint density at radius 2 is 1.94 bits per heavy atom. The Kier molecular flexibility index (Phi) is 5.20. The van der Waals surface area contributed by atoms with Gasteiger partial charge in [0.15, 0.2) is 0 Å². The predicted molar refractivity (Wildman–Crippen MR) is 76.2 cm³/mol. The summed E-state index contributed by atoms with van der Waals surface area (Å²) in [5.74, 6) is 0.742. The van der Waals surface area contributed by atoms with Gasteiger partial charge in [0.1, 0.15) is 0 Å². The van der Waals surface area contributed by atoms with Gasteiger partial charge in [-0.2, -0.15) is 0 Å². The molecule has 0 aromatic carbocycles. The molecule has 0 bridgehead atoms. The number of hydrogen-bond donors (Lipinski definition) is 2. The van der Waals surface area contributed by atoms with Crippen molar-refractivity contribution in [3.8, 4) is 0 Å². The molecule has 18 heavy (non-hydrogen) atoms. The lowest BCUT2D eigenvalue weighted by Crippen LogP contribution is -2.51. The standard InChI is InChI=1S/C15H30N2O/c1-14(2,3)12(8-11-16)6-7-13(18)17-15(4)9-5-10-15/h12H,5-11,16H2,1-4H3,(H,17,18). The van der Waals surface area contributed by atoms with Crippen LogP contribution in [-0.4, -0.2) is 18.0 Å². The Labute approximate surface area is 112 Å². The fourth-order valence-electron chi connectivity index (χ4n) is 2.75. The van der Waals surface area contributed by atoms with Crippen LogP contribution in [0.2, 0.25) is 0 Å². The van der Waals surface area contributed by atoms with Gasteiger partial charge in [-0.15, -0.1) is 0 Å². The number of rotatable bonds is 6. The molecule has 0 aromatic heterocycles. The second-order valence-corrected chi connectivity index (χ2v) is 7.14. The lowest BCUT2D eigenvalue weighted by molar-refractivity contribution is -0.124. The molecular weight excluding hydrogens is 224 g/mol. The van der Waals surface area contributed by atoms with Crippen LogP contribution in [0.25, 0.3) is 0 Å². The van der Waals surface area contributed by atoms with Crippen molar-refractivity contribution in [3.05, 3.63) is 0 Å². The molecule has 3 nitrogen and oxygen atoms in total. The molecule has 1 aliphatic rings. The van der Waals surface area contributed by atoms with Crippen LogP contribution in [0.15, 0.2) is 0 Å². The van der Waals surface area contributed by atoms with Crippen molar-refractivity contribution in [2.45, 2.75) is 71.8 Å². The van der Waals surface area contributed by atoms with Crippen molar-refractivity contribution < 1.29 is 4.79 Å². The number of nitrogens with two attached hydrogens (primary N) is 1. The number of nitrogens with one attached hydrogen (secondary N) is 1. The van der Waals surface area contributed by atoms with Gasteiger partial charge in [-0.1, -0.05) is 20.8 Å². The first-order valence-electron chi connectivity index (χ1n) is 7.28. The molecule has 1 fully saturated rings. The van der Waals surface area contributed by atoms with E-state index in [9.17, 15) is 4.79 Å². The second kappa shape index (κ2) is 6.05. The highest BCUT2D eigenvalue weighted by Crippen LogP contribution is 2.33. The third-order valence-electron chi connectivity index (χ3n) is 4.36. The molecule has 1 rings (SSSR count). The first-order valence-corrected chi connectivity index (χ1v) is 7.28. The second-order valence-electron chi connectivity index (χ2n) is 7.14. The highest BCUT2D eigenvalue weighted by molar-refractivity contribution is 5.76. The highest BCUT2D eigenvalue weighted by atomic mass is 16.1. The van der Waals surface area contributed by atoms with Gasteiger partial charge in [0.05, 0.1) is 0 Å². The lowest BCUT2D eigenvalue weighted by Gasteiger charge is -2.39. The minimum atomic E-state index is 0.0855. The van der Waals surface area contributed by atoms with Crippen molar-refractivity contribution in [1.29, 1.82) is 0 Å².